The van der Waals surface area contributed by atoms with Gasteiger partial charge in [0, 0.05) is 18.9 Å². The van der Waals surface area contributed by atoms with Gasteiger partial charge in [-0.05, 0) is 52.9 Å². The van der Waals surface area contributed by atoms with Gasteiger partial charge in [-0.3, -0.25) is 9.88 Å². The van der Waals surface area contributed by atoms with Crippen LogP contribution in [-0.4, -0.2) is 43.2 Å². The number of pyridine rings is 1. The van der Waals surface area contributed by atoms with Crippen molar-refractivity contribution in [1.29, 1.82) is 0 Å². The first-order chi connectivity index (χ1) is 12.8. The molecule has 2 aromatic heterocycles. The summed E-state index contributed by atoms with van der Waals surface area (Å²) in [7, 11) is 0. The van der Waals surface area contributed by atoms with E-state index < -0.39 is 0 Å². The highest BCUT2D eigenvalue weighted by Gasteiger charge is 2.30. The van der Waals surface area contributed by atoms with Crippen LogP contribution >= 0.6 is 0 Å². The number of nitrogens with zero attached hydrogens (tertiary/aromatic N) is 6. The molecule has 3 aromatic rings. The number of rotatable bonds is 5. The van der Waals surface area contributed by atoms with Crippen molar-refractivity contribution in [3.8, 4) is 0 Å². The first-order valence-corrected chi connectivity index (χ1v) is 9.25. The predicted molar refractivity (Wildman–Crippen MR) is 99.4 cm³/mol. The molecule has 0 amide bonds. The molecule has 0 radical (unpaired) electrons. The predicted octanol–water partition coefficient (Wildman–Crippen LogP) is 2.94. The summed E-state index contributed by atoms with van der Waals surface area (Å²) in [4.78, 5) is 6.84. The molecule has 0 N–H and O–H groups in total. The number of tetrazole rings is 1. The Hall–Kier alpha value is -2.60. The lowest BCUT2D eigenvalue weighted by atomic mass is 9.96. The third kappa shape index (κ3) is 3.65. The first-order valence-electron chi connectivity index (χ1n) is 9.25. The van der Waals surface area contributed by atoms with Crippen molar-refractivity contribution in [2.45, 2.75) is 32.4 Å². The molecular formula is C20H24N6. The lowest BCUT2D eigenvalue weighted by molar-refractivity contribution is 0.142. The molecule has 4 rings (SSSR count). The molecule has 1 fully saturated rings. The highest BCUT2D eigenvalue weighted by atomic mass is 15.5. The molecule has 1 aromatic carbocycles. The van der Waals surface area contributed by atoms with Gasteiger partial charge in [0.1, 0.15) is 0 Å². The van der Waals surface area contributed by atoms with E-state index in [4.69, 9.17) is 0 Å². The summed E-state index contributed by atoms with van der Waals surface area (Å²) < 4.78 is 1.92. The minimum atomic E-state index is 0.0326. The van der Waals surface area contributed by atoms with Crippen LogP contribution in [0.5, 0.6) is 0 Å². The van der Waals surface area contributed by atoms with E-state index in [-0.39, 0.29) is 6.04 Å². The number of piperidine rings is 1. The van der Waals surface area contributed by atoms with E-state index in [9.17, 15) is 0 Å². The Morgan fingerprint density at radius 2 is 2.04 bits per heavy atom. The maximum atomic E-state index is 4.42. The van der Waals surface area contributed by atoms with Gasteiger partial charge in [0.2, 0.25) is 0 Å². The number of aromatic nitrogens is 5. The van der Waals surface area contributed by atoms with Crippen molar-refractivity contribution in [1.82, 2.24) is 30.1 Å². The van der Waals surface area contributed by atoms with Gasteiger partial charge in [-0.1, -0.05) is 43.3 Å². The largest absolute Gasteiger partial charge is 0.289 e. The molecule has 1 aliphatic heterocycles. The van der Waals surface area contributed by atoms with E-state index in [1.54, 1.807) is 0 Å². The maximum Gasteiger partial charge on any atom is 0.173 e. The molecule has 0 unspecified atom stereocenters. The summed E-state index contributed by atoms with van der Waals surface area (Å²) in [5, 5.41) is 12.7. The van der Waals surface area contributed by atoms with Crippen LogP contribution < -0.4 is 0 Å². The monoisotopic (exact) mass is 348 g/mol. The van der Waals surface area contributed by atoms with Gasteiger partial charge in [-0.2, -0.15) is 0 Å². The standard InChI is InChI=1S/C20H24N6/c1-16-7-6-12-25(14-16)19(18-10-5-11-21-13-18)20-22-23-24-26(20)15-17-8-3-2-4-9-17/h2-5,8-11,13,16,19H,6-7,12,14-15H2,1H3/t16-,19-/m0/s1. The van der Waals surface area contributed by atoms with Gasteiger partial charge in [0.25, 0.3) is 0 Å². The normalized spacial score (nSPS) is 19.3. The van der Waals surface area contributed by atoms with Gasteiger partial charge in [0.05, 0.1) is 12.6 Å². The number of hydrogen-bond acceptors (Lipinski definition) is 5. The minimum Gasteiger partial charge on any atom is -0.289 e. The van der Waals surface area contributed by atoms with Crippen LogP contribution in [0.2, 0.25) is 0 Å². The van der Waals surface area contributed by atoms with Gasteiger partial charge in [-0.25, -0.2) is 4.68 Å². The summed E-state index contributed by atoms with van der Waals surface area (Å²) in [5.41, 5.74) is 2.34. The average molecular weight is 348 g/mol. The molecule has 134 valence electrons. The van der Waals surface area contributed by atoms with Crippen molar-refractivity contribution in [3.63, 3.8) is 0 Å². The minimum absolute atomic E-state index is 0.0326. The fraction of sp³-hybridized carbons (Fsp3) is 0.400. The van der Waals surface area contributed by atoms with Gasteiger partial charge in [-0.15, -0.1) is 5.10 Å². The zero-order chi connectivity index (χ0) is 17.8. The molecule has 6 heteroatoms. The zero-order valence-corrected chi connectivity index (χ0v) is 15.1. The molecule has 1 saturated heterocycles. The third-order valence-corrected chi connectivity index (χ3v) is 5.03. The summed E-state index contributed by atoms with van der Waals surface area (Å²) in [6, 6.07) is 14.5. The number of benzene rings is 1. The average Bonchev–Trinajstić information content (AvgIpc) is 3.11. The number of hydrogen-bond donors (Lipinski definition) is 0. The highest BCUT2D eigenvalue weighted by molar-refractivity contribution is 5.23. The van der Waals surface area contributed by atoms with Crippen molar-refractivity contribution >= 4 is 0 Å². The van der Waals surface area contributed by atoms with Crippen LogP contribution in [0.4, 0.5) is 0 Å². The van der Waals surface area contributed by atoms with E-state index in [2.05, 4.69) is 50.5 Å². The van der Waals surface area contributed by atoms with Crippen LogP contribution in [0.1, 0.15) is 42.8 Å². The maximum absolute atomic E-state index is 4.42. The van der Waals surface area contributed by atoms with Gasteiger partial charge in [0.15, 0.2) is 5.82 Å². The van der Waals surface area contributed by atoms with Crippen LogP contribution in [0.25, 0.3) is 0 Å². The van der Waals surface area contributed by atoms with Crippen molar-refractivity contribution < 1.29 is 0 Å². The zero-order valence-electron chi connectivity index (χ0n) is 15.1. The van der Waals surface area contributed by atoms with E-state index in [0.717, 1.165) is 24.5 Å². The van der Waals surface area contributed by atoms with Crippen molar-refractivity contribution in [2.24, 2.45) is 5.92 Å². The van der Waals surface area contributed by atoms with Gasteiger partial charge >= 0.3 is 0 Å². The number of likely N-dealkylation sites (tertiary alicyclic amines) is 1. The van der Waals surface area contributed by atoms with Crippen molar-refractivity contribution in [2.75, 3.05) is 13.1 Å². The lowest BCUT2D eigenvalue weighted by Gasteiger charge is -2.36. The summed E-state index contributed by atoms with van der Waals surface area (Å²) in [6.07, 6.45) is 6.24. The van der Waals surface area contributed by atoms with Crippen LogP contribution in [-0.2, 0) is 6.54 Å². The summed E-state index contributed by atoms with van der Waals surface area (Å²) in [5.74, 6) is 1.57. The molecule has 6 nitrogen and oxygen atoms in total. The molecule has 0 saturated carbocycles. The summed E-state index contributed by atoms with van der Waals surface area (Å²) >= 11 is 0. The van der Waals surface area contributed by atoms with Crippen LogP contribution in [0.3, 0.4) is 0 Å². The highest BCUT2D eigenvalue weighted by Crippen LogP contribution is 2.31. The second kappa shape index (κ2) is 7.74. The Morgan fingerprint density at radius 3 is 2.81 bits per heavy atom. The van der Waals surface area contributed by atoms with Crippen molar-refractivity contribution in [3.05, 3.63) is 71.8 Å². The lowest BCUT2D eigenvalue weighted by Crippen LogP contribution is -2.39. The quantitative estimate of drug-likeness (QED) is 0.709. The molecule has 0 bridgehead atoms. The van der Waals surface area contributed by atoms with E-state index in [1.807, 2.05) is 41.3 Å². The Kier molecular flexibility index (Phi) is 5.02. The Balaban J connectivity index is 1.69. The van der Waals surface area contributed by atoms with E-state index >= 15 is 0 Å². The molecule has 3 heterocycles. The molecular weight excluding hydrogens is 324 g/mol. The molecule has 0 spiro atoms. The van der Waals surface area contributed by atoms with Crippen LogP contribution in [0, 0.1) is 5.92 Å². The molecule has 2 atom stereocenters. The Morgan fingerprint density at radius 1 is 1.15 bits per heavy atom. The van der Waals surface area contributed by atoms with Crippen LogP contribution in [0.15, 0.2) is 54.9 Å². The molecule has 26 heavy (non-hydrogen) atoms. The molecule has 0 aliphatic carbocycles. The fourth-order valence-electron chi connectivity index (χ4n) is 3.80. The SMILES string of the molecule is C[C@H]1CCCN([C@@H](c2cccnc2)c2nnnn2Cc2ccccc2)C1. The van der Waals surface area contributed by atoms with E-state index in [0.29, 0.717) is 12.5 Å². The fourth-order valence-corrected chi connectivity index (χ4v) is 3.80. The molecule has 1 aliphatic rings. The smallest absolute Gasteiger partial charge is 0.173 e. The summed E-state index contributed by atoms with van der Waals surface area (Å²) in [6.45, 7) is 5.10. The Bertz CT molecular complexity index is 817. The first kappa shape index (κ1) is 16.8. The third-order valence-electron chi connectivity index (χ3n) is 5.03. The van der Waals surface area contributed by atoms with E-state index in [1.165, 1.54) is 18.4 Å². The Labute approximate surface area is 153 Å². The van der Waals surface area contributed by atoms with Gasteiger partial charge < -0.3 is 0 Å². The topological polar surface area (TPSA) is 59.7 Å². The second-order valence-electron chi connectivity index (χ2n) is 7.11. The second-order valence-corrected chi connectivity index (χ2v) is 7.11.